The van der Waals surface area contributed by atoms with Crippen molar-refractivity contribution in [3.8, 4) is 0 Å². The molecule has 0 spiro atoms. The average Bonchev–Trinajstić information content (AvgIpc) is 2.39. The molecule has 1 nitrogen and oxygen atoms in total. The van der Waals surface area contributed by atoms with Gasteiger partial charge in [0.25, 0.3) is 0 Å². The van der Waals surface area contributed by atoms with Crippen LogP contribution in [0.4, 0.5) is 0 Å². The third kappa shape index (κ3) is 2.68. The summed E-state index contributed by atoms with van der Waals surface area (Å²) < 4.78 is 0.768. The van der Waals surface area contributed by atoms with Crippen LogP contribution >= 0.6 is 27.5 Å². The standard InChI is InChI=1S/C17H16BrClO/c1-9-7-10(2)12(4)16(11(9)3)17(20)14-8-13(19)5-6-15(14)18/h5-8H,1-4H3. The van der Waals surface area contributed by atoms with Gasteiger partial charge in [0.2, 0.25) is 0 Å². The first-order valence-electron chi connectivity index (χ1n) is 6.40. The average molecular weight is 352 g/mol. The summed E-state index contributed by atoms with van der Waals surface area (Å²) in [4.78, 5) is 12.9. The number of hydrogen-bond donors (Lipinski definition) is 0. The molecule has 0 aromatic heterocycles. The van der Waals surface area contributed by atoms with Crippen LogP contribution in [0.25, 0.3) is 0 Å². The first-order chi connectivity index (χ1) is 9.32. The highest BCUT2D eigenvalue weighted by Gasteiger charge is 2.19. The molecule has 0 amide bonds. The molecule has 0 aliphatic carbocycles. The van der Waals surface area contributed by atoms with Crippen LogP contribution in [0, 0.1) is 27.7 Å². The minimum Gasteiger partial charge on any atom is -0.289 e. The van der Waals surface area contributed by atoms with Crippen LogP contribution in [-0.4, -0.2) is 5.78 Å². The van der Waals surface area contributed by atoms with Gasteiger partial charge in [0.15, 0.2) is 5.78 Å². The Hall–Kier alpha value is -1.12. The molecule has 0 aliphatic rings. The Morgan fingerprint density at radius 3 is 2.10 bits per heavy atom. The summed E-state index contributed by atoms with van der Waals surface area (Å²) in [5.41, 5.74) is 5.72. The summed E-state index contributed by atoms with van der Waals surface area (Å²) in [6.07, 6.45) is 0. The lowest BCUT2D eigenvalue weighted by Crippen LogP contribution is -2.09. The number of benzene rings is 2. The van der Waals surface area contributed by atoms with Crippen molar-refractivity contribution in [1.29, 1.82) is 0 Å². The molecule has 2 aromatic carbocycles. The van der Waals surface area contributed by atoms with Crippen LogP contribution in [0.1, 0.15) is 38.2 Å². The Bertz CT molecular complexity index is 678. The molecular weight excluding hydrogens is 336 g/mol. The zero-order chi connectivity index (χ0) is 15.0. The minimum atomic E-state index is 0.0150. The Labute approximate surface area is 133 Å². The summed E-state index contributed by atoms with van der Waals surface area (Å²) in [5, 5.41) is 0.566. The third-order valence-corrected chi connectivity index (χ3v) is 4.69. The molecule has 3 heteroatoms. The van der Waals surface area contributed by atoms with Crippen LogP contribution in [0.15, 0.2) is 28.7 Å². The molecule has 0 saturated heterocycles. The second-order valence-corrected chi connectivity index (χ2v) is 6.38. The summed E-state index contributed by atoms with van der Waals surface area (Å²) in [6.45, 7) is 8.05. The van der Waals surface area contributed by atoms with Gasteiger partial charge in [0.05, 0.1) is 0 Å². The van der Waals surface area contributed by atoms with E-state index in [2.05, 4.69) is 22.0 Å². The van der Waals surface area contributed by atoms with E-state index in [1.165, 1.54) is 0 Å². The minimum absolute atomic E-state index is 0.0150. The zero-order valence-electron chi connectivity index (χ0n) is 12.0. The van der Waals surface area contributed by atoms with Gasteiger partial charge in [0, 0.05) is 20.6 Å². The smallest absolute Gasteiger partial charge is 0.194 e. The fourth-order valence-corrected chi connectivity index (χ4v) is 2.96. The van der Waals surface area contributed by atoms with Gasteiger partial charge in [-0.25, -0.2) is 0 Å². The highest BCUT2D eigenvalue weighted by molar-refractivity contribution is 9.10. The number of rotatable bonds is 2. The lowest BCUT2D eigenvalue weighted by Gasteiger charge is -2.15. The molecule has 2 rings (SSSR count). The van der Waals surface area contributed by atoms with E-state index in [0.717, 1.165) is 32.3 Å². The van der Waals surface area contributed by atoms with Gasteiger partial charge in [-0.15, -0.1) is 0 Å². The van der Waals surface area contributed by atoms with Crippen molar-refractivity contribution in [1.82, 2.24) is 0 Å². The first kappa shape index (κ1) is 15.3. The third-order valence-electron chi connectivity index (χ3n) is 3.77. The van der Waals surface area contributed by atoms with Crippen molar-refractivity contribution in [3.63, 3.8) is 0 Å². The fraction of sp³-hybridized carbons (Fsp3) is 0.235. The Balaban J connectivity index is 2.68. The largest absolute Gasteiger partial charge is 0.289 e. The van der Waals surface area contributed by atoms with E-state index in [0.29, 0.717) is 10.6 Å². The molecular formula is C17H16BrClO. The van der Waals surface area contributed by atoms with E-state index >= 15 is 0 Å². The summed E-state index contributed by atoms with van der Waals surface area (Å²) in [6, 6.07) is 7.41. The molecule has 0 heterocycles. The number of carbonyl (C=O) groups is 1. The maximum absolute atomic E-state index is 12.9. The molecule has 0 unspecified atom stereocenters. The lowest BCUT2D eigenvalue weighted by atomic mass is 9.89. The molecule has 0 N–H and O–H groups in total. The van der Waals surface area contributed by atoms with Crippen LogP contribution < -0.4 is 0 Å². The Morgan fingerprint density at radius 1 is 1.00 bits per heavy atom. The van der Waals surface area contributed by atoms with Crippen molar-refractivity contribution in [2.75, 3.05) is 0 Å². The number of carbonyl (C=O) groups excluding carboxylic acids is 1. The van der Waals surface area contributed by atoms with Crippen LogP contribution in [0.2, 0.25) is 5.02 Å². The van der Waals surface area contributed by atoms with Crippen LogP contribution in [0.3, 0.4) is 0 Å². The molecule has 0 aliphatic heterocycles. The molecule has 0 radical (unpaired) electrons. The predicted octanol–water partition coefficient (Wildman–Crippen LogP) is 5.57. The van der Waals surface area contributed by atoms with Crippen LogP contribution in [-0.2, 0) is 0 Å². The van der Waals surface area contributed by atoms with E-state index in [1.807, 2.05) is 33.8 Å². The number of ketones is 1. The second-order valence-electron chi connectivity index (χ2n) is 5.09. The van der Waals surface area contributed by atoms with Crippen molar-refractivity contribution in [2.45, 2.75) is 27.7 Å². The highest BCUT2D eigenvalue weighted by atomic mass is 79.9. The van der Waals surface area contributed by atoms with E-state index in [9.17, 15) is 4.79 Å². The van der Waals surface area contributed by atoms with Gasteiger partial charge in [-0.1, -0.05) is 33.6 Å². The van der Waals surface area contributed by atoms with E-state index in [-0.39, 0.29) is 5.78 Å². The zero-order valence-corrected chi connectivity index (χ0v) is 14.3. The van der Waals surface area contributed by atoms with Crippen LogP contribution in [0.5, 0.6) is 0 Å². The Kier molecular flexibility index (Phi) is 4.36. The van der Waals surface area contributed by atoms with Crippen molar-refractivity contribution in [3.05, 3.63) is 67.1 Å². The predicted molar refractivity (Wildman–Crippen MR) is 88.0 cm³/mol. The van der Waals surface area contributed by atoms with Crippen molar-refractivity contribution in [2.24, 2.45) is 0 Å². The molecule has 104 valence electrons. The summed E-state index contributed by atoms with van der Waals surface area (Å²) in [5.74, 6) is 0.0150. The second kappa shape index (κ2) is 5.71. The first-order valence-corrected chi connectivity index (χ1v) is 7.57. The highest BCUT2D eigenvalue weighted by Crippen LogP contribution is 2.28. The summed E-state index contributed by atoms with van der Waals surface area (Å²) in [7, 11) is 0. The Morgan fingerprint density at radius 2 is 1.55 bits per heavy atom. The normalized spacial score (nSPS) is 10.7. The monoisotopic (exact) mass is 350 g/mol. The lowest BCUT2D eigenvalue weighted by molar-refractivity contribution is 0.103. The number of aryl methyl sites for hydroxylation is 2. The summed E-state index contributed by atoms with van der Waals surface area (Å²) >= 11 is 9.45. The SMILES string of the molecule is Cc1cc(C)c(C)c(C(=O)c2cc(Cl)ccc2Br)c1C. The molecule has 0 saturated carbocycles. The van der Waals surface area contributed by atoms with Gasteiger partial charge in [0.1, 0.15) is 0 Å². The maximum atomic E-state index is 12.9. The van der Waals surface area contributed by atoms with E-state index < -0.39 is 0 Å². The van der Waals surface area contributed by atoms with Gasteiger partial charge < -0.3 is 0 Å². The quantitative estimate of drug-likeness (QED) is 0.647. The topological polar surface area (TPSA) is 17.1 Å². The van der Waals surface area contributed by atoms with Gasteiger partial charge in [-0.05, 0) is 68.1 Å². The molecule has 20 heavy (non-hydrogen) atoms. The fourth-order valence-electron chi connectivity index (χ4n) is 2.36. The van der Waals surface area contributed by atoms with E-state index in [4.69, 9.17) is 11.6 Å². The molecule has 0 bridgehead atoms. The van der Waals surface area contributed by atoms with Crippen molar-refractivity contribution < 1.29 is 4.79 Å². The van der Waals surface area contributed by atoms with Crippen molar-refractivity contribution >= 4 is 33.3 Å². The number of hydrogen-bond acceptors (Lipinski definition) is 1. The van der Waals surface area contributed by atoms with Gasteiger partial charge in [-0.3, -0.25) is 4.79 Å². The van der Waals surface area contributed by atoms with Gasteiger partial charge in [-0.2, -0.15) is 0 Å². The molecule has 2 aromatic rings. The van der Waals surface area contributed by atoms with E-state index in [1.54, 1.807) is 12.1 Å². The molecule has 0 fully saturated rings. The number of halogens is 2. The molecule has 0 atom stereocenters. The maximum Gasteiger partial charge on any atom is 0.194 e. The van der Waals surface area contributed by atoms with Gasteiger partial charge >= 0.3 is 0 Å².